The van der Waals surface area contributed by atoms with Gasteiger partial charge in [-0.05, 0) is 11.8 Å². The lowest BCUT2D eigenvalue weighted by Gasteiger charge is -2.24. The predicted molar refractivity (Wildman–Crippen MR) is 67.3 cm³/mol. The van der Waals surface area contributed by atoms with Gasteiger partial charge in [0, 0.05) is 6.54 Å². The number of halogens is 1. The Labute approximate surface area is 107 Å². The molecule has 0 spiro atoms. The largest absolute Gasteiger partial charge is 0.384 e. The molecule has 1 N–H and O–H groups in total. The molecule has 0 radical (unpaired) electrons. The van der Waals surface area contributed by atoms with Crippen molar-refractivity contribution in [2.75, 3.05) is 0 Å². The van der Waals surface area contributed by atoms with E-state index < -0.39 is 11.5 Å². The van der Waals surface area contributed by atoms with Crippen molar-refractivity contribution < 1.29 is 9.90 Å². The summed E-state index contributed by atoms with van der Waals surface area (Å²) < 4.78 is 1.56. The van der Waals surface area contributed by atoms with Crippen molar-refractivity contribution in [2.24, 2.45) is 5.41 Å². The Kier molecular flexibility index (Phi) is 4.33. The highest BCUT2D eigenvalue weighted by atomic mass is 35.5. The number of aliphatic hydroxyl groups excluding tert-OH is 1. The Hall–Kier alpha value is -0.870. The molecule has 4 nitrogen and oxygen atoms in total. The minimum Gasteiger partial charge on any atom is -0.384 e. The molecular weight excluding hydrogens is 240 g/mol. The van der Waals surface area contributed by atoms with Gasteiger partial charge >= 0.3 is 0 Å². The Bertz CT molecular complexity index is 407. The van der Waals surface area contributed by atoms with E-state index in [9.17, 15) is 9.90 Å². The monoisotopic (exact) mass is 258 g/mol. The molecule has 1 unspecified atom stereocenters. The molecule has 0 fully saturated rings. The van der Waals surface area contributed by atoms with E-state index in [1.165, 1.54) is 6.20 Å². The Morgan fingerprint density at radius 1 is 1.59 bits per heavy atom. The van der Waals surface area contributed by atoms with Crippen LogP contribution in [-0.4, -0.2) is 26.8 Å². The number of nitrogens with zero attached hydrogens (tertiary/aromatic N) is 2. The number of hydrogen-bond donors (Lipinski definition) is 1. The van der Waals surface area contributed by atoms with Gasteiger partial charge in [0.15, 0.2) is 0 Å². The first-order valence-corrected chi connectivity index (χ1v) is 6.10. The summed E-state index contributed by atoms with van der Waals surface area (Å²) in [5.41, 5.74) is -0.210. The fraction of sp³-hybridized carbons (Fsp3) is 0.667. The highest BCUT2D eigenvalue weighted by Gasteiger charge is 2.33. The van der Waals surface area contributed by atoms with E-state index in [2.05, 4.69) is 5.10 Å². The normalized spacial score (nSPS) is 13.8. The topological polar surface area (TPSA) is 55.1 Å². The number of aryl methyl sites for hydroxylation is 1. The van der Waals surface area contributed by atoms with Crippen LogP contribution in [0.1, 0.15) is 44.6 Å². The van der Waals surface area contributed by atoms with Gasteiger partial charge in [-0.25, -0.2) is 0 Å². The Balaban J connectivity index is 3.07. The second kappa shape index (κ2) is 5.19. The molecule has 0 amide bonds. The van der Waals surface area contributed by atoms with Crippen molar-refractivity contribution in [1.29, 1.82) is 0 Å². The maximum Gasteiger partial charge on any atom is 0.211 e. The Morgan fingerprint density at radius 2 is 2.18 bits per heavy atom. The molecule has 0 saturated carbocycles. The van der Waals surface area contributed by atoms with E-state index in [1.54, 1.807) is 4.68 Å². The molecule has 1 rings (SSSR count). The molecule has 0 aliphatic carbocycles. The van der Waals surface area contributed by atoms with Gasteiger partial charge in [-0.2, -0.15) is 5.10 Å². The zero-order valence-corrected chi connectivity index (χ0v) is 11.5. The third kappa shape index (κ3) is 3.07. The second-order valence-corrected chi connectivity index (χ2v) is 5.60. The second-order valence-electron chi connectivity index (χ2n) is 5.20. The summed E-state index contributed by atoms with van der Waals surface area (Å²) in [6.45, 7) is 8.03. The van der Waals surface area contributed by atoms with Crippen molar-refractivity contribution in [3.63, 3.8) is 0 Å². The summed E-state index contributed by atoms with van der Waals surface area (Å²) in [6, 6.07) is 0. The van der Waals surface area contributed by atoms with Gasteiger partial charge in [0.2, 0.25) is 5.78 Å². The molecule has 1 atom stereocenters. The zero-order chi connectivity index (χ0) is 13.2. The van der Waals surface area contributed by atoms with Gasteiger partial charge in [0.05, 0.1) is 11.2 Å². The summed E-state index contributed by atoms with van der Waals surface area (Å²) >= 11 is 5.95. The van der Waals surface area contributed by atoms with Crippen LogP contribution >= 0.6 is 11.6 Å². The number of Topliss-reactive ketones (excluding diaryl/α,β-unsaturated/α-hetero) is 1. The van der Waals surface area contributed by atoms with Crippen molar-refractivity contribution in [3.05, 3.63) is 16.9 Å². The molecule has 0 aromatic carbocycles. The molecule has 1 heterocycles. The molecule has 17 heavy (non-hydrogen) atoms. The predicted octanol–water partition coefficient (Wildman–Crippen LogP) is 2.54. The van der Waals surface area contributed by atoms with Crippen molar-refractivity contribution in [3.8, 4) is 0 Å². The lowest BCUT2D eigenvalue weighted by Crippen LogP contribution is -2.35. The summed E-state index contributed by atoms with van der Waals surface area (Å²) in [6.07, 6.45) is 1.22. The number of ketones is 1. The summed E-state index contributed by atoms with van der Waals surface area (Å²) in [5, 5.41) is 14.3. The minimum atomic E-state index is -1.08. The minimum absolute atomic E-state index is 0.298. The molecule has 5 heteroatoms. The van der Waals surface area contributed by atoms with E-state index in [0.717, 1.165) is 6.42 Å². The van der Waals surface area contributed by atoms with Crippen LogP contribution in [0.15, 0.2) is 6.20 Å². The van der Waals surface area contributed by atoms with Gasteiger partial charge < -0.3 is 5.11 Å². The van der Waals surface area contributed by atoms with Gasteiger partial charge in [-0.1, -0.05) is 39.3 Å². The van der Waals surface area contributed by atoms with Crippen molar-refractivity contribution in [1.82, 2.24) is 9.78 Å². The van der Waals surface area contributed by atoms with Crippen molar-refractivity contribution in [2.45, 2.75) is 46.8 Å². The number of aliphatic hydroxyl groups is 1. The zero-order valence-electron chi connectivity index (χ0n) is 10.7. The number of carbonyl (C=O) groups excluding carboxylic acids is 1. The van der Waals surface area contributed by atoms with Crippen molar-refractivity contribution >= 4 is 17.4 Å². The van der Waals surface area contributed by atoms with Crippen LogP contribution in [0.3, 0.4) is 0 Å². The molecule has 0 aliphatic rings. The van der Waals surface area contributed by atoms with Crippen LogP contribution < -0.4 is 0 Å². The maximum atomic E-state index is 12.2. The van der Waals surface area contributed by atoms with E-state index in [1.807, 2.05) is 27.7 Å². The standard InChI is InChI=1S/C12H19ClN2O2/c1-5-6-15-9(8(13)7-14-15)10(16)11(17)12(2,3)4/h7,11,17H,5-6H2,1-4H3. The molecule has 96 valence electrons. The van der Waals surface area contributed by atoms with Gasteiger partial charge in [-0.15, -0.1) is 0 Å². The fourth-order valence-electron chi connectivity index (χ4n) is 1.51. The molecule has 1 aromatic heterocycles. The highest BCUT2D eigenvalue weighted by Crippen LogP contribution is 2.25. The fourth-order valence-corrected chi connectivity index (χ4v) is 1.75. The number of carbonyl (C=O) groups is 1. The SMILES string of the molecule is CCCn1ncc(Cl)c1C(=O)C(O)C(C)(C)C. The number of aromatic nitrogens is 2. The molecule has 1 aromatic rings. The highest BCUT2D eigenvalue weighted by molar-refractivity contribution is 6.33. The number of rotatable bonds is 4. The van der Waals surface area contributed by atoms with Crippen LogP contribution in [0.25, 0.3) is 0 Å². The van der Waals surface area contributed by atoms with E-state index >= 15 is 0 Å². The average Bonchev–Trinajstić information content (AvgIpc) is 2.57. The first-order chi connectivity index (χ1) is 7.79. The number of hydrogen-bond acceptors (Lipinski definition) is 3. The molecular formula is C12H19ClN2O2. The lowest BCUT2D eigenvalue weighted by atomic mass is 9.86. The molecule has 0 bridgehead atoms. The molecule has 0 aliphatic heterocycles. The van der Waals surface area contributed by atoms with Gasteiger partial charge in [0.1, 0.15) is 11.8 Å². The van der Waals surface area contributed by atoms with Crippen LogP contribution in [0.2, 0.25) is 5.02 Å². The van der Waals surface area contributed by atoms with E-state index in [4.69, 9.17) is 11.6 Å². The van der Waals surface area contributed by atoms with Crippen LogP contribution in [0.5, 0.6) is 0 Å². The molecule has 0 saturated heterocycles. The smallest absolute Gasteiger partial charge is 0.211 e. The summed E-state index contributed by atoms with van der Waals surface area (Å²) in [7, 11) is 0. The first-order valence-electron chi connectivity index (χ1n) is 5.72. The first kappa shape index (κ1) is 14.2. The van der Waals surface area contributed by atoms with E-state index in [-0.39, 0.29) is 5.78 Å². The van der Waals surface area contributed by atoms with Crippen LogP contribution in [0.4, 0.5) is 0 Å². The third-order valence-electron chi connectivity index (χ3n) is 2.53. The summed E-state index contributed by atoms with van der Waals surface area (Å²) in [5.74, 6) is -0.367. The summed E-state index contributed by atoms with van der Waals surface area (Å²) in [4.78, 5) is 12.2. The van der Waals surface area contributed by atoms with Gasteiger partial charge in [-0.3, -0.25) is 9.48 Å². The third-order valence-corrected chi connectivity index (χ3v) is 2.81. The van der Waals surface area contributed by atoms with E-state index in [0.29, 0.717) is 17.3 Å². The maximum absolute atomic E-state index is 12.2. The lowest BCUT2D eigenvalue weighted by molar-refractivity contribution is 0.0432. The van der Waals surface area contributed by atoms with Crippen LogP contribution in [-0.2, 0) is 6.54 Å². The Morgan fingerprint density at radius 3 is 2.65 bits per heavy atom. The quantitative estimate of drug-likeness (QED) is 0.845. The van der Waals surface area contributed by atoms with Crippen LogP contribution in [0, 0.1) is 5.41 Å². The van der Waals surface area contributed by atoms with Gasteiger partial charge in [0.25, 0.3) is 0 Å². The average molecular weight is 259 g/mol.